The molecule has 16 heavy (non-hydrogen) atoms. The Balaban J connectivity index is 2.45. The number of benzene rings is 1. The van der Waals surface area contributed by atoms with Gasteiger partial charge in [-0.1, -0.05) is 6.42 Å². The van der Waals surface area contributed by atoms with Crippen molar-refractivity contribution in [3.05, 3.63) is 27.5 Å². The Hall–Kier alpha value is -0.610. The van der Waals surface area contributed by atoms with E-state index < -0.39 is 0 Å². The van der Waals surface area contributed by atoms with Crippen LogP contribution >= 0.6 is 15.9 Å². The number of nitrogens with one attached hydrogen (secondary N) is 1. The quantitative estimate of drug-likeness (QED) is 0.830. The maximum Gasteiger partial charge on any atom is 0.135 e. The third-order valence-electron chi connectivity index (χ3n) is 3.16. The standard InChI is InChI=1S/C12H15BrFNO/c1-7-9(14)6-8(13)12(16)11(7)10-4-2-3-5-15-10/h6,10,15-16H,2-5H2,1H3. The van der Waals surface area contributed by atoms with E-state index in [1.807, 2.05) is 0 Å². The zero-order valence-corrected chi connectivity index (χ0v) is 10.8. The van der Waals surface area contributed by atoms with Gasteiger partial charge in [-0.3, -0.25) is 0 Å². The van der Waals surface area contributed by atoms with Gasteiger partial charge in [-0.2, -0.15) is 0 Å². The normalized spacial score (nSPS) is 21.1. The first-order valence-corrected chi connectivity index (χ1v) is 6.31. The van der Waals surface area contributed by atoms with Crippen molar-refractivity contribution in [3.63, 3.8) is 0 Å². The highest BCUT2D eigenvalue weighted by Crippen LogP contribution is 2.38. The Morgan fingerprint density at radius 1 is 1.50 bits per heavy atom. The molecule has 0 spiro atoms. The predicted octanol–water partition coefficient (Wildman–Crippen LogP) is 3.42. The maximum atomic E-state index is 13.6. The van der Waals surface area contributed by atoms with Crippen molar-refractivity contribution in [3.8, 4) is 5.75 Å². The molecule has 1 aliphatic heterocycles. The molecule has 1 saturated heterocycles. The monoisotopic (exact) mass is 287 g/mol. The first-order valence-electron chi connectivity index (χ1n) is 5.52. The summed E-state index contributed by atoms with van der Waals surface area (Å²) < 4.78 is 14.0. The second-order valence-electron chi connectivity index (χ2n) is 4.23. The van der Waals surface area contributed by atoms with Gasteiger partial charge >= 0.3 is 0 Å². The summed E-state index contributed by atoms with van der Waals surface area (Å²) in [6.45, 7) is 2.64. The van der Waals surface area contributed by atoms with Crippen LogP contribution in [0.4, 0.5) is 4.39 Å². The largest absolute Gasteiger partial charge is 0.506 e. The summed E-state index contributed by atoms with van der Waals surface area (Å²) in [6.07, 6.45) is 3.21. The van der Waals surface area contributed by atoms with E-state index in [0.29, 0.717) is 15.6 Å². The van der Waals surface area contributed by atoms with E-state index in [2.05, 4.69) is 21.2 Å². The Kier molecular flexibility index (Phi) is 3.50. The Morgan fingerprint density at radius 2 is 2.25 bits per heavy atom. The molecular weight excluding hydrogens is 273 g/mol. The van der Waals surface area contributed by atoms with E-state index in [4.69, 9.17) is 0 Å². The van der Waals surface area contributed by atoms with Gasteiger partial charge in [0.05, 0.1) is 4.47 Å². The minimum Gasteiger partial charge on any atom is -0.506 e. The van der Waals surface area contributed by atoms with Crippen LogP contribution < -0.4 is 5.32 Å². The van der Waals surface area contributed by atoms with E-state index in [1.165, 1.54) is 6.07 Å². The fourth-order valence-corrected chi connectivity index (χ4v) is 2.66. The first-order chi connectivity index (χ1) is 7.61. The summed E-state index contributed by atoms with van der Waals surface area (Å²) in [5.41, 5.74) is 1.24. The predicted molar refractivity (Wildman–Crippen MR) is 65.1 cm³/mol. The van der Waals surface area contributed by atoms with Crippen molar-refractivity contribution in [1.29, 1.82) is 0 Å². The van der Waals surface area contributed by atoms with Crippen LogP contribution in [0.2, 0.25) is 0 Å². The molecule has 1 aromatic carbocycles. The van der Waals surface area contributed by atoms with E-state index in [9.17, 15) is 9.50 Å². The molecule has 1 aromatic rings. The molecule has 88 valence electrons. The van der Waals surface area contributed by atoms with Gasteiger partial charge in [0.15, 0.2) is 0 Å². The molecule has 1 aliphatic rings. The third-order valence-corrected chi connectivity index (χ3v) is 3.76. The van der Waals surface area contributed by atoms with Crippen LogP contribution in [-0.2, 0) is 0 Å². The summed E-state index contributed by atoms with van der Waals surface area (Å²) in [6, 6.07) is 1.39. The fourth-order valence-electron chi connectivity index (χ4n) is 2.25. The minimum absolute atomic E-state index is 0.0701. The second kappa shape index (κ2) is 4.72. The van der Waals surface area contributed by atoms with Crippen molar-refractivity contribution < 1.29 is 9.50 Å². The molecule has 0 aromatic heterocycles. The Morgan fingerprint density at radius 3 is 2.88 bits per heavy atom. The SMILES string of the molecule is Cc1c(F)cc(Br)c(O)c1C1CCCCN1. The molecule has 2 nitrogen and oxygen atoms in total. The number of phenols is 1. The lowest BCUT2D eigenvalue weighted by molar-refractivity contribution is 0.385. The van der Waals surface area contributed by atoms with Gasteiger partial charge in [0.25, 0.3) is 0 Å². The van der Waals surface area contributed by atoms with Gasteiger partial charge in [0.2, 0.25) is 0 Å². The molecule has 0 aliphatic carbocycles. The lowest BCUT2D eigenvalue weighted by atomic mass is 9.93. The van der Waals surface area contributed by atoms with Gasteiger partial charge in [-0.25, -0.2) is 4.39 Å². The van der Waals surface area contributed by atoms with Crippen LogP contribution in [0, 0.1) is 12.7 Å². The van der Waals surface area contributed by atoms with Crippen LogP contribution in [0.25, 0.3) is 0 Å². The first kappa shape index (κ1) is 11.9. The lowest BCUT2D eigenvalue weighted by Crippen LogP contribution is -2.27. The summed E-state index contributed by atoms with van der Waals surface area (Å²) >= 11 is 3.18. The molecule has 2 N–H and O–H groups in total. The Bertz CT molecular complexity index is 376. The maximum absolute atomic E-state index is 13.6. The molecule has 2 rings (SSSR count). The molecule has 0 radical (unpaired) electrons. The smallest absolute Gasteiger partial charge is 0.135 e. The van der Waals surface area contributed by atoms with E-state index in [1.54, 1.807) is 6.92 Å². The van der Waals surface area contributed by atoms with Gasteiger partial charge in [0.1, 0.15) is 11.6 Å². The molecule has 1 heterocycles. The van der Waals surface area contributed by atoms with Crippen molar-refractivity contribution in [2.24, 2.45) is 0 Å². The summed E-state index contributed by atoms with van der Waals surface area (Å²) in [7, 11) is 0. The van der Waals surface area contributed by atoms with Crippen molar-refractivity contribution in [2.75, 3.05) is 6.54 Å². The van der Waals surface area contributed by atoms with E-state index in [0.717, 1.165) is 25.8 Å². The number of rotatable bonds is 1. The zero-order chi connectivity index (χ0) is 11.7. The number of hydrogen-bond donors (Lipinski definition) is 2. The second-order valence-corrected chi connectivity index (χ2v) is 5.08. The average molecular weight is 288 g/mol. The van der Waals surface area contributed by atoms with Gasteiger partial charge in [0, 0.05) is 11.6 Å². The lowest BCUT2D eigenvalue weighted by Gasteiger charge is -2.26. The number of halogens is 2. The summed E-state index contributed by atoms with van der Waals surface area (Å²) in [4.78, 5) is 0. The van der Waals surface area contributed by atoms with Gasteiger partial charge in [-0.15, -0.1) is 0 Å². The summed E-state index contributed by atoms with van der Waals surface area (Å²) in [5, 5.41) is 13.3. The fraction of sp³-hybridized carbons (Fsp3) is 0.500. The molecule has 1 atom stereocenters. The van der Waals surface area contributed by atoms with Crippen LogP contribution in [0.3, 0.4) is 0 Å². The van der Waals surface area contributed by atoms with Gasteiger partial charge < -0.3 is 10.4 Å². The van der Waals surface area contributed by atoms with Crippen LogP contribution in [0.15, 0.2) is 10.5 Å². The Labute approximate surface area is 103 Å². The summed E-state index contributed by atoms with van der Waals surface area (Å²) in [5.74, 6) is -0.106. The highest BCUT2D eigenvalue weighted by molar-refractivity contribution is 9.10. The van der Waals surface area contributed by atoms with Crippen LogP contribution in [0.5, 0.6) is 5.75 Å². The molecule has 1 unspecified atom stereocenters. The molecule has 0 amide bonds. The third kappa shape index (κ3) is 2.09. The molecule has 0 saturated carbocycles. The highest BCUT2D eigenvalue weighted by atomic mass is 79.9. The molecule has 0 bridgehead atoms. The molecular formula is C12H15BrFNO. The van der Waals surface area contributed by atoms with Crippen molar-refractivity contribution in [2.45, 2.75) is 32.2 Å². The molecule has 4 heteroatoms. The topological polar surface area (TPSA) is 32.3 Å². The van der Waals surface area contributed by atoms with E-state index >= 15 is 0 Å². The van der Waals surface area contributed by atoms with E-state index in [-0.39, 0.29) is 17.6 Å². The number of piperidine rings is 1. The van der Waals surface area contributed by atoms with Crippen molar-refractivity contribution >= 4 is 15.9 Å². The van der Waals surface area contributed by atoms with Crippen LogP contribution in [0.1, 0.15) is 36.4 Å². The highest BCUT2D eigenvalue weighted by Gasteiger charge is 2.23. The average Bonchev–Trinajstić information content (AvgIpc) is 2.28. The van der Waals surface area contributed by atoms with Crippen LogP contribution in [-0.4, -0.2) is 11.7 Å². The zero-order valence-electron chi connectivity index (χ0n) is 9.19. The van der Waals surface area contributed by atoms with Gasteiger partial charge in [-0.05, 0) is 53.9 Å². The number of phenolic OH excluding ortho intramolecular Hbond substituents is 1. The molecule has 1 fully saturated rings. The number of aromatic hydroxyl groups is 1. The minimum atomic E-state index is -0.271. The van der Waals surface area contributed by atoms with Crippen molar-refractivity contribution in [1.82, 2.24) is 5.32 Å². The number of hydrogen-bond acceptors (Lipinski definition) is 2.